The molecule has 1 atom stereocenters. The molecule has 2 rings (SSSR count). The molecule has 0 amide bonds. The molecule has 0 unspecified atom stereocenters. The van der Waals surface area contributed by atoms with Crippen LogP contribution in [0.3, 0.4) is 0 Å². The van der Waals surface area contributed by atoms with Crippen LogP contribution in [0.4, 0.5) is 0 Å². The first-order valence-corrected chi connectivity index (χ1v) is 11.1. The maximum absolute atomic E-state index is 9.80. The lowest BCUT2D eigenvalue weighted by atomic mass is 9.87. The van der Waals surface area contributed by atoms with Crippen molar-refractivity contribution in [1.29, 1.82) is 0 Å². The highest BCUT2D eigenvalue weighted by Gasteiger charge is 2.31. The fourth-order valence-electron chi connectivity index (χ4n) is 3.99. The summed E-state index contributed by atoms with van der Waals surface area (Å²) < 4.78 is 6.40. The van der Waals surface area contributed by atoms with E-state index < -0.39 is 0 Å². The Morgan fingerprint density at radius 1 is 1.00 bits per heavy atom. The summed E-state index contributed by atoms with van der Waals surface area (Å²) in [6.07, 6.45) is 15.8. The molecule has 0 bridgehead atoms. The average Bonchev–Trinajstić information content (AvgIpc) is 2.62. The number of benzene rings is 1. The van der Waals surface area contributed by atoms with Gasteiger partial charge < -0.3 is 9.84 Å². The number of allylic oxidation sites excluding steroid dienone is 6. The van der Waals surface area contributed by atoms with Crippen LogP contribution in [0, 0.1) is 6.92 Å². The molecular weight excluding hydrogens is 356 g/mol. The van der Waals surface area contributed by atoms with Gasteiger partial charge in [0.15, 0.2) is 0 Å². The van der Waals surface area contributed by atoms with Crippen molar-refractivity contribution in [1.82, 2.24) is 0 Å². The molecular formula is C27H40O2. The number of aryl methyl sites for hydroxylation is 2. The van der Waals surface area contributed by atoms with Gasteiger partial charge in [-0.3, -0.25) is 0 Å². The smallest absolute Gasteiger partial charge is 0.126 e. The quantitative estimate of drug-likeness (QED) is 0.429. The van der Waals surface area contributed by atoms with Crippen LogP contribution < -0.4 is 4.74 Å². The molecule has 0 spiro atoms. The number of hydrogen-bond acceptors (Lipinski definition) is 2. The van der Waals surface area contributed by atoms with Gasteiger partial charge in [-0.1, -0.05) is 34.9 Å². The molecule has 0 saturated carbocycles. The van der Waals surface area contributed by atoms with Gasteiger partial charge >= 0.3 is 0 Å². The molecule has 0 aliphatic carbocycles. The molecule has 2 heteroatoms. The molecule has 0 saturated heterocycles. The molecule has 1 aliphatic heterocycles. The van der Waals surface area contributed by atoms with E-state index in [1.54, 1.807) is 6.07 Å². The Kier molecular flexibility index (Phi) is 8.61. The lowest BCUT2D eigenvalue weighted by molar-refractivity contribution is 0.0561. The van der Waals surface area contributed by atoms with E-state index in [0.29, 0.717) is 5.75 Å². The van der Waals surface area contributed by atoms with Gasteiger partial charge in [0, 0.05) is 0 Å². The molecule has 0 aromatic heterocycles. The minimum Gasteiger partial charge on any atom is -0.508 e. The number of hydrogen-bond donors (Lipinski definition) is 1. The van der Waals surface area contributed by atoms with Gasteiger partial charge in [-0.15, -0.1) is 0 Å². The Balaban J connectivity index is 1.79. The van der Waals surface area contributed by atoms with Gasteiger partial charge in [-0.2, -0.15) is 0 Å². The summed E-state index contributed by atoms with van der Waals surface area (Å²) in [6, 6.07) is 3.64. The highest BCUT2D eigenvalue weighted by Crippen LogP contribution is 2.39. The van der Waals surface area contributed by atoms with Crippen molar-refractivity contribution >= 4 is 0 Å². The van der Waals surface area contributed by atoms with Crippen LogP contribution in [0.1, 0.15) is 90.7 Å². The molecule has 1 N–H and O–H groups in total. The lowest BCUT2D eigenvalue weighted by Crippen LogP contribution is -2.36. The molecule has 1 aromatic carbocycles. The lowest BCUT2D eigenvalue weighted by Gasteiger charge is -2.36. The van der Waals surface area contributed by atoms with E-state index in [1.165, 1.54) is 23.1 Å². The number of phenolic OH excluding ortho intramolecular Hbond substituents is 1. The topological polar surface area (TPSA) is 29.5 Å². The third kappa shape index (κ3) is 7.76. The minimum atomic E-state index is -0.118. The maximum Gasteiger partial charge on any atom is 0.126 e. The van der Waals surface area contributed by atoms with Crippen LogP contribution >= 0.6 is 0 Å². The highest BCUT2D eigenvalue weighted by molar-refractivity contribution is 5.47. The first-order chi connectivity index (χ1) is 13.7. The van der Waals surface area contributed by atoms with E-state index in [4.69, 9.17) is 4.74 Å². The molecule has 1 aliphatic rings. The van der Waals surface area contributed by atoms with Crippen LogP contribution in [0.5, 0.6) is 11.5 Å². The first kappa shape index (κ1) is 23.3. The Bertz CT molecular complexity index is 778. The summed E-state index contributed by atoms with van der Waals surface area (Å²) in [5.74, 6) is 1.32. The van der Waals surface area contributed by atoms with Gasteiger partial charge in [-0.25, -0.2) is 0 Å². The van der Waals surface area contributed by atoms with Gasteiger partial charge in [0.2, 0.25) is 0 Å². The fraction of sp³-hybridized carbons (Fsp3) is 0.556. The monoisotopic (exact) mass is 396 g/mol. The van der Waals surface area contributed by atoms with Crippen molar-refractivity contribution in [2.45, 2.75) is 98.5 Å². The van der Waals surface area contributed by atoms with Crippen LogP contribution in [0.25, 0.3) is 0 Å². The second-order valence-electron chi connectivity index (χ2n) is 9.30. The second-order valence-corrected chi connectivity index (χ2v) is 9.30. The predicted octanol–water partition coefficient (Wildman–Crippen LogP) is 7.98. The number of ether oxygens (including phenoxy) is 1. The summed E-state index contributed by atoms with van der Waals surface area (Å²) >= 11 is 0. The summed E-state index contributed by atoms with van der Waals surface area (Å²) in [4.78, 5) is 0. The molecule has 29 heavy (non-hydrogen) atoms. The van der Waals surface area contributed by atoms with Crippen molar-refractivity contribution in [3.63, 3.8) is 0 Å². The number of fused-ring (bicyclic) bond motifs is 1. The molecule has 1 aromatic rings. The third-order valence-corrected chi connectivity index (χ3v) is 5.90. The van der Waals surface area contributed by atoms with E-state index in [0.717, 1.165) is 61.8 Å². The average molecular weight is 397 g/mol. The molecule has 0 fully saturated rings. The largest absolute Gasteiger partial charge is 0.508 e. The molecule has 0 radical (unpaired) electrons. The first-order valence-electron chi connectivity index (χ1n) is 11.1. The van der Waals surface area contributed by atoms with Gasteiger partial charge in [0.05, 0.1) is 0 Å². The fourth-order valence-corrected chi connectivity index (χ4v) is 3.99. The van der Waals surface area contributed by atoms with Crippen LogP contribution in [0.15, 0.2) is 47.1 Å². The van der Waals surface area contributed by atoms with Crippen molar-refractivity contribution in [3.8, 4) is 11.5 Å². The Morgan fingerprint density at radius 3 is 2.28 bits per heavy atom. The Hall–Kier alpha value is -1.96. The van der Waals surface area contributed by atoms with Gasteiger partial charge in [-0.05, 0) is 116 Å². The second kappa shape index (κ2) is 10.7. The zero-order valence-corrected chi connectivity index (χ0v) is 19.4. The van der Waals surface area contributed by atoms with Crippen molar-refractivity contribution < 1.29 is 9.84 Å². The third-order valence-electron chi connectivity index (χ3n) is 5.90. The number of phenols is 1. The van der Waals surface area contributed by atoms with Gasteiger partial charge in [0.1, 0.15) is 17.1 Å². The predicted molar refractivity (Wildman–Crippen MR) is 125 cm³/mol. The maximum atomic E-state index is 9.80. The van der Waals surface area contributed by atoms with Crippen LogP contribution in [0.2, 0.25) is 0 Å². The Morgan fingerprint density at radius 2 is 1.62 bits per heavy atom. The minimum absolute atomic E-state index is 0.118. The van der Waals surface area contributed by atoms with E-state index in [1.807, 2.05) is 13.0 Å². The summed E-state index contributed by atoms with van der Waals surface area (Å²) in [5.41, 5.74) is 6.43. The normalized spacial score (nSPS) is 19.5. The molecule has 2 nitrogen and oxygen atoms in total. The standard InChI is InChI=1S/C27H40O2/c1-20(2)10-7-11-21(3)12-8-13-22(4)14-9-16-27(6)17-15-24-19-25(28)18-23(5)26(24)29-27/h10,12,14,18-19,28H,7-9,11,13,15-17H2,1-6H3/b21-12+,22-14?/t27-/m1/s1. The summed E-state index contributed by atoms with van der Waals surface area (Å²) in [6.45, 7) is 13.1. The zero-order chi connectivity index (χ0) is 21.4. The molecule has 1 heterocycles. The van der Waals surface area contributed by atoms with Crippen molar-refractivity contribution in [3.05, 3.63) is 58.2 Å². The summed E-state index contributed by atoms with van der Waals surface area (Å²) in [7, 11) is 0. The SMILES string of the molecule is CC(C)=CCC/C(C)=C/CCC(C)=CCC[C@]1(C)CCc2cc(O)cc(C)c2O1. The Labute approximate surface area is 178 Å². The molecule has 160 valence electrons. The van der Waals surface area contributed by atoms with Gasteiger partial charge in [0.25, 0.3) is 0 Å². The van der Waals surface area contributed by atoms with E-state index in [9.17, 15) is 5.11 Å². The zero-order valence-electron chi connectivity index (χ0n) is 19.4. The van der Waals surface area contributed by atoms with E-state index in [2.05, 4.69) is 52.8 Å². The van der Waals surface area contributed by atoms with Crippen molar-refractivity contribution in [2.24, 2.45) is 0 Å². The number of rotatable bonds is 9. The van der Waals surface area contributed by atoms with Crippen molar-refractivity contribution in [2.75, 3.05) is 0 Å². The highest BCUT2D eigenvalue weighted by atomic mass is 16.5. The summed E-state index contributed by atoms with van der Waals surface area (Å²) in [5, 5.41) is 9.80. The van der Waals surface area contributed by atoms with E-state index >= 15 is 0 Å². The van der Waals surface area contributed by atoms with Crippen LogP contribution in [-0.2, 0) is 6.42 Å². The number of aromatic hydroxyl groups is 1. The van der Waals surface area contributed by atoms with Crippen LogP contribution in [-0.4, -0.2) is 10.7 Å². The van der Waals surface area contributed by atoms with E-state index in [-0.39, 0.29) is 5.60 Å².